The summed E-state index contributed by atoms with van der Waals surface area (Å²) in [5.74, 6) is 0. The van der Waals surface area contributed by atoms with Crippen LogP contribution in [0, 0.1) is 27.7 Å². The number of hydrogen-bond acceptors (Lipinski definition) is 3. The summed E-state index contributed by atoms with van der Waals surface area (Å²) in [6, 6.07) is 77.5. The van der Waals surface area contributed by atoms with Crippen molar-refractivity contribution in [1.82, 2.24) is 0 Å². The zero-order chi connectivity index (χ0) is 49.7. The summed E-state index contributed by atoms with van der Waals surface area (Å²) >= 11 is 0. The highest BCUT2D eigenvalue weighted by atomic mass is 15.1. The predicted molar refractivity (Wildman–Crippen MR) is 310 cm³/mol. The Labute approximate surface area is 423 Å². The van der Waals surface area contributed by atoms with Crippen LogP contribution in [0.2, 0.25) is 0 Å². The van der Waals surface area contributed by atoms with E-state index >= 15 is 0 Å². The molecule has 0 aliphatic carbocycles. The van der Waals surface area contributed by atoms with Gasteiger partial charge in [-0.3, -0.25) is 0 Å². The van der Waals surface area contributed by atoms with Gasteiger partial charge in [0, 0.05) is 39.8 Å². The number of nitrogens with two attached hydrogens (primary N) is 1. The average Bonchev–Trinajstić information content (AvgIpc) is 3.36. The summed E-state index contributed by atoms with van der Waals surface area (Å²) in [7, 11) is 0. The molecule has 0 saturated carbocycles. The van der Waals surface area contributed by atoms with Crippen LogP contribution in [0.15, 0.2) is 218 Å². The van der Waals surface area contributed by atoms with E-state index in [2.05, 4.69) is 289 Å². The lowest BCUT2D eigenvalue weighted by Crippen LogP contribution is -2.10. The summed E-state index contributed by atoms with van der Waals surface area (Å²) < 4.78 is 0. The van der Waals surface area contributed by atoms with E-state index in [1.807, 2.05) is 24.3 Å². The lowest BCUT2D eigenvalue weighted by molar-refractivity contribution is 0.590. The molecule has 3 nitrogen and oxygen atoms in total. The van der Waals surface area contributed by atoms with Crippen molar-refractivity contribution < 1.29 is 0 Å². The van der Waals surface area contributed by atoms with E-state index in [0.29, 0.717) is 0 Å². The molecule has 0 spiro atoms. The van der Waals surface area contributed by atoms with Crippen molar-refractivity contribution in [2.24, 2.45) is 0 Å². The molecule has 9 rings (SSSR count). The van der Waals surface area contributed by atoms with Gasteiger partial charge in [0.25, 0.3) is 0 Å². The summed E-state index contributed by atoms with van der Waals surface area (Å²) in [6.07, 6.45) is 12.9. The van der Waals surface area contributed by atoms with Crippen LogP contribution >= 0.6 is 0 Å². The summed E-state index contributed by atoms with van der Waals surface area (Å²) in [5, 5.41) is 0. The van der Waals surface area contributed by atoms with Crippen molar-refractivity contribution in [3.63, 3.8) is 0 Å². The van der Waals surface area contributed by atoms with E-state index in [1.165, 1.54) is 44.5 Å². The molecule has 0 radical (unpaired) electrons. The minimum Gasteiger partial charge on any atom is -0.399 e. The fourth-order valence-corrected chi connectivity index (χ4v) is 8.43. The van der Waals surface area contributed by atoms with Gasteiger partial charge >= 0.3 is 0 Å². The van der Waals surface area contributed by atoms with E-state index in [9.17, 15) is 0 Å². The quantitative estimate of drug-likeness (QED) is 0.0979. The van der Waals surface area contributed by atoms with Crippen LogP contribution in [0.4, 0.5) is 39.8 Å². The maximum atomic E-state index is 5.67. The highest BCUT2D eigenvalue weighted by Crippen LogP contribution is 2.37. The average molecular weight is 924 g/mol. The fraction of sp³-hybridized carbons (Fsp3) is 0.118. The molecule has 9 aromatic carbocycles. The molecular formula is C68H65N3. The van der Waals surface area contributed by atoms with Crippen LogP contribution in [0.3, 0.4) is 0 Å². The molecule has 0 atom stereocenters. The molecule has 0 amide bonds. The Balaban J connectivity index is 0.000000298. The number of benzene rings is 9. The van der Waals surface area contributed by atoms with Crippen molar-refractivity contribution >= 4 is 76.3 Å². The standard InChI is InChI=1S/C50H44N2.C18H21N/c1-37-9-5-13-47(33-37)51(48-14-6-10-38(2)34-48)45-29-25-43(26-30-45)23-21-41-17-19-42(20-18-41)22-24-44-27-31-46(32-28-44)52(49-15-7-11-39(3)35-49)50-16-8-12-40(4)36-50;1-18(2,3)16-10-6-14(7-11-16)4-5-15-8-12-17(19)13-9-15/h5-36H,1-4H3;4-13H,19H2,1-3H3/b23-21+,24-22+;5-4+. The van der Waals surface area contributed by atoms with Gasteiger partial charge in [-0.05, 0) is 179 Å². The van der Waals surface area contributed by atoms with Crippen LogP contribution in [-0.4, -0.2) is 0 Å². The van der Waals surface area contributed by atoms with Crippen molar-refractivity contribution in [2.75, 3.05) is 15.5 Å². The van der Waals surface area contributed by atoms with Gasteiger partial charge in [-0.25, -0.2) is 0 Å². The van der Waals surface area contributed by atoms with Gasteiger partial charge in [0.15, 0.2) is 0 Å². The van der Waals surface area contributed by atoms with Crippen molar-refractivity contribution in [3.8, 4) is 0 Å². The third-order valence-corrected chi connectivity index (χ3v) is 12.4. The molecule has 0 bridgehead atoms. The Morgan fingerprint density at radius 2 is 0.535 bits per heavy atom. The Kier molecular flexibility index (Phi) is 15.7. The molecule has 0 aliphatic heterocycles. The lowest BCUT2D eigenvalue weighted by atomic mass is 9.87. The monoisotopic (exact) mass is 924 g/mol. The molecule has 0 heterocycles. The molecule has 2 N–H and O–H groups in total. The third kappa shape index (κ3) is 13.7. The molecule has 71 heavy (non-hydrogen) atoms. The maximum Gasteiger partial charge on any atom is 0.0464 e. The molecule has 0 aliphatic rings. The highest BCUT2D eigenvalue weighted by molar-refractivity contribution is 5.81. The Bertz CT molecular complexity index is 2980. The van der Waals surface area contributed by atoms with Crippen LogP contribution in [-0.2, 0) is 5.41 Å². The predicted octanol–water partition coefficient (Wildman–Crippen LogP) is 18.9. The first-order valence-corrected chi connectivity index (χ1v) is 24.5. The maximum absolute atomic E-state index is 5.67. The molecule has 3 heteroatoms. The minimum absolute atomic E-state index is 0.208. The first-order chi connectivity index (χ1) is 34.3. The van der Waals surface area contributed by atoms with E-state index in [4.69, 9.17) is 5.73 Å². The molecule has 352 valence electrons. The largest absolute Gasteiger partial charge is 0.399 e. The Morgan fingerprint density at radius 1 is 0.296 bits per heavy atom. The number of rotatable bonds is 12. The minimum atomic E-state index is 0.208. The second kappa shape index (κ2) is 22.8. The molecular weight excluding hydrogens is 859 g/mol. The highest BCUT2D eigenvalue weighted by Gasteiger charge is 2.15. The van der Waals surface area contributed by atoms with Crippen LogP contribution in [0.1, 0.15) is 82.0 Å². The summed E-state index contributed by atoms with van der Waals surface area (Å²) in [5.41, 5.74) is 26.9. The second-order valence-corrected chi connectivity index (χ2v) is 19.4. The number of hydrogen-bond donors (Lipinski definition) is 1. The van der Waals surface area contributed by atoms with Crippen LogP contribution < -0.4 is 15.5 Å². The normalized spacial score (nSPS) is 11.5. The topological polar surface area (TPSA) is 32.5 Å². The van der Waals surface area contributed by atoms with E-state index < -0.39 is 0 Å². The molecule has 0 fully saturated rings. The SMILES string of the molecule is CC(C)(C)c1ccc(/C=C/c2ccc(N)cc2)cc1.Cc1cccc(N(c2ccc(/C=C/c3ccc(/C=C/c4ccc(N(c5cccc(C)c5)c5cccc(C)c5)cc4)cc3)cc2)c2cccc(C)c2)c1. The third-order valence-electron chi connectivity index (χ3n) is 12.4. The first-order valence-electron chi connectivity index (χ1n) is 24.5. The van der Waals surface area contributed by atoms with Gasteiger partial charge in [-0.1, -0.05) is 191 Å². The van der Waals surface area contributed by atoms with Gasteiger partial charge in [-0.15, -0.1) is 0 Å². The van der Waals surface area contributed by atoms with E-state index in [-0.39, 0.29) is 5.41 Å². The van der Waals surface area contributed by atoms with Gasteiger partial charge < -0.3 is 15.5 Å². The number of nitrogens with zero attached hydrogens (tertiary/aromatic N) is 2. The van der Waals surface area contributed by atoms with E-state index in [0.717, 1.165) is 56.5 Å². The summed E-state index contributed by atoms with van der Waals surface area (Å²) in [6.45, 7) is 15.2. The van der Waals surface area contributed by atoms with Gasteiger partial charge in [-0.2, -0.15) is 0 Å². The summed E-state index contributed by atoms with van der Waals surface area (Å²) in [4.78, 5) is 4.64. The molecule has 0 saturated heterocycles. The second-order valence-electron chi connectivity index (χ2n) is 19.4. The Hall–Kier alpha value is -8.40. The Morgan fingerprint density at radius 3 is 0.789 bits per heavy atom. The fourth-order valence-electron chi connectivity index (χ4n) is 8.43. The smallest absolute Gasteiger partial charge is 0.0464 e. The molecule has 0 aromatic heterocycles. The zero-order valence-electron chi connectivity index (χ0n) is 42.2. The van der Waals surface area contributed by atoms with Crippen LogP contribution in [0.5, 0.6) is 0 Å². The van der Waals surface area contributed by atoms with Crippen LogP contribution in [0.25, 0.3) is 36.5 Å². The number of anilines is 7. The first kappa shape index (κ1) is 49.0. The molecule has 9 aromatic rings. The van der Waals surface area contributed by atoms with E-state index in [1.54, 1.807) is 0 Å². The zero-order valence-corrected chi connectivity index (χ0v) is 42.2. The number of aryl methyl sites for hydroxylation is 4. The number of nitrogen functional groups attached to an aromatic ring is 1. The lowest BCUT2D eigenvalue weighted by Gasteiger charge is -2.26. The van der Waals surface area contributed by atoms with Gasteiger partial charge in [0.05, 0.1) is 0 Å². The van der Waals surface area contributed by atoms with Crippen molar-refractivity contribution in [2.45, 2.75) is 53.9 Å². The van der Waals surface area contributed by atoms with Crippen molar-refractivity contribution in [3.05, 3.63) is 280 Å². The molecule has 0 unspecified atom stereocenters. The van der Waals surface area contributed by atoms with Crippen molar-refractivity contribution in [1.29, 1.82) is 0 Å². The van der Waals surface area contributed by atoms with Gasteiger partial charge in [0.1, 0.15) is 0 Å². The van der Waals surface area contributed by atoms with Gasteiger partial charge in [0.2, 0.25) is 0 Å².